The third kappa shape index (κ3) is 4.81. The third-order valence-electron chi connectivity index (χ3n) is 5.81. The van der Waals surface area contributed by atoms with E-state index in [0.717, 1.165) is 5.56 Å². The van der Waals surface area contributed by atoms with Gasteiger partial charge in [-0.25, -0.2) is 9.37 Å². The number of nitrogens with zero attached hydrogens (tertiary/aromatic N) is 5. The van der Waals surface area contributed by atoms with Gasteiger partial charge >= 0.3 is 0 Å². The van der Waals surface area contributed by atoms with E-state index in [0.29, 0.717) is 65.4 Å². The van der Waals surface area contributed by atoms with Crippen molar-refractivity contribution in [1.29, 1.82) is 0 Å². The maximum absolute atomic E-state index is 13.5. The second-order valence-corrected chi connectivity index (χ2v) is 8.45. The quantitative estimate of drug-likeness (QED) is 0.288. The molecular weight excluding hydrogens is 461 g/mol. The van der Waals surface area contributed by atoms with Gasteiger partial charge in [0.15, 0.2) is 0 Å². The van der Waals surface area contributed by atoms with Crippen molar-refractivity contribution < 1.29 is 13.7 Å². The van der Waals surface area contributed by atoms with Gasteiger partial charge in [-0.3, -0.25) is 14.3 Å². The number of Topliss-reactive ketones (excluding diaryl/α,β-unsaturated/α-hetero) is 1. The lowest BCUT2D eigenvalue weighted by molar-refractivity contribution is -0.117. The first-order valence-corrected chi connectivity index (χ1v) is 11.5. The van der Waals surface area contributed by atoms with E-state index in [-0.39, 0.29) is 17.2 Å². The number of ketones is 1. The van der Waals surface area contributed by atoms with Crippen molar-refractivity contribution in [2.45, 2.75) is 32.6 Å². The first-order valence-electron chi connectivity index (χ1n) is 11.5. The lowest BCUT2D eigenvalue weighted by atomic mass is 10.1. The number of carbonyl (C=O) groups excluding carboxylic acids is 1. The molecule has 0 fully saturated rings. The Morgan fingerprint density at radius 1 is 0.972 bits per heavy atom. The average molecular weight is 484 g/mol. The Morgan fingerprint density at radius 2 is 1.75 bits per heavy atom. The minimum Gasteiger partial charge on any atom is -0.334 e. The van der Waals surface area contributed by atoms with Gasteiger partial charge in [-0.1, -0.05) is 11.2 Å². The molecule has 2 aromatic carbocycles. The van der Waals surface area contributed by atoms with Gasteiger partial charge in [0.1, 0.15) is 17.4 Å². The molecule has 5 rings (SSSR count). The summed E-state index contributed by atoms with van der Waals surface area (Å²) >= 11 is 0. The summed E-state index contributed by atoms with van der Waals surface area (Å²) < 4.78 is 20.4. The molecule has 0 N–H and O–H groups in total. The number of benzene rings is 2. The summed E-state index contributed by atoms with van der Waals surface area (Å²) in [7, 11) is 0. The molecule has 0 radical (unpaired) electrons. The molecule has 180 valence electrons. The van der Waals surface area contributed by atoms with Crippen LogP contribution in [-0.4, -0.2) is 30.5 Å². The molecular formula is C27H22FN5O3. The standard InChI is InChI=1S/C27H22FN5O3/c1-17(34)4-2-3-5-24-30-23-16-19(25-31-26(36-32-25)18-12-14-29-15-13-18)6-11-22(23)27(35)33(24)21-9-7-20(28)8-10-21/h6-16H,2-5H2,1H3. The van der Waals surface area contributed by atoms with Crippen LogP contribution in [0.3, 0.4) is 0 Å². The number of aryl methyl sites for hydroxylation is 1. The molecule has 0 aliphatic heterocycles. The second-order valence-electron chi connectivity index (χ2n) is 8.45. The van der Waals surface area contributed by atoms with E-state index in [2.05, 4.69) is 15.1 Å². The van der Waals surface area contributed by atoms with E-state index in [9.17, 15) is 14.0 Å². The predicted molar refractivity (Wildman–Crippen MR) is 132 cm³/mol. The number of hydrogen-bond donors (Lipinski definition) is 0. The van der Waals surface area contributed by atoms with E-state index in [1.165, 1.54) is 16.7 Å². The van der Waals surface area contributed by atoms with Crippen LogP contribution in [0.25, 0.3) is 39.4 Å². The van der Waals surface area contributed by atoms with Crippen LogP contribution in [0.15, 0.2) is 76.3 Å². The van der Waals surface area contributed by atoms with Crippen LogP contribution in [0.2, 0.25) is 0 Å². The van der Waals surface area contributed by atoms with Crippen LogP contribution in [0.5, 0.6) is 0 Å². The molecule has 5 aromatic rings. The Hall–Kier alpha value is -4.53. The fourth-order valence-electron chi connectivity index (χ4n) is 4.00. The molecule has 0 aliphatic carbocycles. The van der Waals surface area contributed by atoms with E-state index < -0.39 is 0 Å². The molecule has 8 nitrogen and oxygen atoms in total. The summed E-state index contributed by atoms with van der Waals surface area (Å²) in [6.07, 6.45) is 5.60. The zero-order chi connectivity index (χ0) is 25.1. The normalized spacial score (nSPS) is 11.2. The summed E-state index contributed by atoms with van der Waals surface area (Å²) in [5.41, 5.74) is 2.16. The monoisotopic (exact) mass is 483 g/mol. The van der Waals surface area contributed by atoms with Crippen molar-refractivity contribution in [2.75, 3.05) is 0 Å². The van der Waals surface area contributed by atoms with Crippen molar-refractivity contribution in [3.8, 4) is 28.5 Å². The van der Waals surface area contributed by atoms with Crippen LogP contribution in [0.4, 0.5) is 4.39 Å². The molecule has 0 amide bonds. The van der Waals surface area contributed by atoms with Crippen LogP contribution in [-0.2, 0) is 11.2 Å². The highest BCUT2D eigenvalue weighted by Gasteiger charge is 2.16. The fourth-order valence-corrected chi connectivity index (χ4v) is 4.00. The molecule has 0 saturated heterocycles. The van der Waals surface area contributed by atoms with E-state index in [4.69, 9.17) is 9.51 Å². The van der Waals surface area contributed by atoms with Crippen LogP contribution in [0, 0.1) is 5.82 Å². The Bertz CT molecular complexity index is 1590. The lowest BCUT2D eigenvalue weighted by Crippen LogP contribution is -2.24. The number of pyridine rings is 1. The fraction of sp³-hybridized carbons (Fsp3) is 0.185. The minimum atomic E-state index is -0.389. The topological polar surface area (TPSA) is 104 Å². The highest BCUT2D eigenvalue weighted by molar-refractivity contribution is 5.83. The van der Waals surface area contributed by atoms with Crippen LogP contribution >= 0.6 is 0 Å². The molecule has 3 aromatic heterocycles. The summed E-state index contributed by atoms with van der Waals surface area (Å²) in [5, 5.41) is 4.49. The average Bonchev–Trinajstić information content (AvgIpc) is 3.38. The number of aromatic nitrogens is 5. The molecule has 9 heteroatoms. The molecule has 3 heterocycles. The molecule has 0 aliphatic rings. The van der Waals surface area contributed by atoms with Crippen molar-refractivity contribution in [3.05, 3.63) is 89.0 Å². The van der Waals surface area contributed by atoms with E-state index in [1.54, 1.807) is 61.8 Å². The second kappa shape index (κ2) is 9.99. The summed E-state index contributed by atoms with van der Waals surface area (Å²) in [4.78, 5) is 38.1. The van der Waals surface area contributed by atoms with Crippen LogP contribution in [0.1, 0.15) is 32.0 Å². The van der Waals surface area contributed by atoms with E-state index in [1.807, 2.05) is 0 Å². The maximum Gasteiger partial charge on any atom is 0.265 e. The first kappa shape index (κ1) is 23.2. The van der Waals surface area contributed by atoms with Gasteiger partial charge in [0.2, 0.25) is 5.82 Å². The van der Waals surface area contributed by atoms with Gasteiger partial charge in [0, 0.05) is 36.4 Å². The third-order valence-corrected chi connectivity index (χ3v) is 5.81. The summed E-state index contributed by atoms with van der Waals surface area (Å²) in [6.45, 7) is 1.56. The maximum atomic E-state index is 13.5. The van der Waals surface area contributed by atoms with E-state index >= 15 is 0 Å². The number of halogens is 1. The van der Waals surface area contributed by atoms with Crippen LogP contribution < -0.4 is 5.56 Å². The number of rotatable bonds is 8. The highest BCUT2D eigenvalue weighted by Crippen LogP contribution is 2.24. The number of unbranched alkanes of at least 4 members (excludes halogenated alkanes) is 1. The van der Waals surface area contributed by atoms with Crippen molar-refractivity contribution in [1.82, 2.24) is 24.7 Å². The largest absolute Gasteiger partial charge is 0.334 e. The van der Waals surface area contributed by atoms with Gasteiger partial charge in [0.25, 0.3) is 11.4 Å². The number of hydrogen-bond acceptors (Lipinski definition) is 7. The van der Waals surface area contributed by atoms with Crippen molar-refractivity contribution in [3.63, 3.8) is 0 Å². The lowest BCUT2D eigenvalue weighted by Gasteiger charge is -2.14. The SMILES string of the molecule is CC(=O)CCCCc1nc2cc(-c3noc(-c4ccncc4)n3)ccc2c(=O)n1-c1ccc(F)cc1. The van der Waals surface area contributed by atoms with Crippen molar-refractivity contribution in [2.24, 2.45) is 0 Å². The van der Waals surface area contributed by atoms with Gasteiger partial charge in [0.05, 0.1) is 16.6 Å². The van der Waals surface area contributed by atoms with Gasteiger partial charge in [-0.2, -0.15) is 4.98 Å². The van der Waals surface area contributed by atoms with Gasteiger partial charge in [-0.15, -0.1) is 0 Å². The summed E-state index contributed by atoms with van der Waals surface area (Å²) in [6, 6.07) is 14.5. The Labute approximate surface area is 205 Å². The molecule has 0 spiro atoms. The van der Waals surface area contributed by atoms with Gasteiger partial charge in [-0.05, 0) is 68.3 Å². The Kier molecular flexibility index (Phi) is 6.44. The molecule has 0 atom stereocenters. The Morgan fingerprint density at radius 3 is 2.50 bits per heavy atom. The number of fused-ring (bicyclic) bond motifs is 1. The molecule has 0 bridgehead atoms. The highest BCUT2D eigenvalue weighted by atomic mass is 19.1. The minimum absolute atomic E-state index is 0.119. The predicted octanol–water partition coefficient (Wildman–Crippen LogP) is 4.94. The zero-order valence-electron chi connectivity index (χ0n) is 19.5. The van der Waals surface area contributed by atoms with Crippen molar-refractivity contribution >= 4 is 16.7 Å². The molecule has 0 saturated carbocycles. The first-order chi connectivity index (χ1) is 17.5. The smallest absolute Gasteiger partial charge is 0.265 e. The molecule has 0 unspecified atom stereocenters. The number of carbonyl (C=O) groups is 1. The zero-order valence-corrected chi connectivity index (χ0v) is 19.5. The molecule has 36 heavy (non-hydrogen) atoms. The summed E-state index contributed by atoms with van der Waals surface area (Å²) in [5.74, 6) is 0.993. The Balaban J connectivity index is 1.56. The van der Waals surface area contributed by atoms with Gasteiger partial charge < -0.3 is 9.32 Å².